The summed E-state index contributed by atoms with van der Waals surface area (Å²) in [6, 6.07) is 13.0. The van der Waals surface area contributed by atoms with Crippen LogP contribution >= 0.6 is 0 Å². The van der Waals surface area contributed by atoms with Gasteiger partial charge in [-0.2, -0.15) is 0 Å². The van der Waals surface area contributed by atoms with Gasteiger partial charge in [0.2, 0.25) is 0 Å². The Balaban J connectivity index is 2.08. The molecular formula is C15H15NO3. The lowest BCUT2D eigenvalue weighted by atomic mass is 10.2. The zero-order valence-corrected chi connectivity index (χ0v) is 10.5. The van der Waals surface area contributed by atoms with Crippen molar-refractivity contribution in [2.75, 3.05) is 0 Å². The van der Waals surface area contributed by atoms with E-state index in [9.17, 15) is 9.59 Å². The predicted molar refractivity (Wildman–Crippen MR) is 72.2 cm³/mol. The second-order valence-corrected chi connectivity index (χ2v) is 4.10. The monoisotopic (exact) mass is 257 g/mol. The molecule has 0 aliphatic carbocycles. The van der Waals surface area contributed by atoms with E-state index in [0.717, 1.165) is 11.8 Å². The molecule has 19 heavy (non-hydrogen) atoms. The van der Waals surface area contributed by atoms with E-state index < -0.39 is 0 Å². The van der Waals surface area contributed by atoms with Crippen molar-refractivity contribution in [3.8, 4) is 5.75 Å². The van der Waals surface area contributed by atoms with Crippen LogP contribution in [0.1, 0.15) is 12.0 Å². The number of rotatable bonds is 6. The van der Waals surface area contributed by atoms with Crippen molar-refractivity contribution in [2.45, 2.75) is 19.6 Å². The third-order valence-corrected chi connectivity index (χ3v) is 2.71. The van der Waals surface area contributed by atoms with Crippen molar-refractivity contribution in [1.82, 2.24) is 4.57 Å². The topological polar surface area (TPSA) is 48.3 Å². The van der Waals surface area contributed by atoms with E-state index in [2.05, 4.69) is 0 Å². The van der Waals surface area contributed by atoms with Crippen LogP contribution in [-0.4, -0.2) is 10.9 Å². The molecule has 2 rings (SSSR count). The highest BCUT2D eigenvalue weighted by atomic mass is 16.5. The molecular weight excluding hydrogens is 242 g/mol. The number of hydrogen-bond acceptors (Lipinski definition) is 3. The van der Waals surface area contributed by atoms with Crippen molar-refractivity contribution in [3.05, 3.63) is 64.6 Å². The minimum Gasteiger partial charge on any atom is -0.483 e. The molecule has 0 fully saturated rings. The maximum absolute atomic E-state index is 12.0. The van der Waals surface area contributed by atoms with Gasteiger partial charge >= 0.3 is 0 Å². The Hall–Kier alpha value is -2.36. The molecule has 0 aliphatic heterocycles. The molecule has 0 atom stereocenters. The summed E-state index contributed by atoms with van der Waals surface area (Å²) in [5.41, 5.74) is 0.797. The smallest absolute Gasteiger partial charge is 0.292 e. The molecule has 0 aliphatic rings. The van der Waals surface area contributed by atoms with Gasteiger partial charge in [0.15, 0.2) is 5.75 Å². The molecule has 0 spiro atoms. The fourth-order valence-electron chi connectivity index (χ4n) is 1.73. The van der Waals surface area contributed by atoms with E-state index in [1.54, 1.807) is 18.3 Å². The van der Waals surface area contributed by atoms with E-state index in [-0.39, 0.29) is 5.56 Å². The van der Waals surface area contributed by atoms with E-state index in [0.29, 0.717) is 25.3 Å². The Bertz CT molecular complexity index is 590. The normalized spacial score (nSPS) is 10.1. The molecule has 0 radical (unpaired) electrons. The summed E-state index contributed by atoms with van der Waals surface area (Å²) < 4.78 is 7.00. The van der Waals surface area contributed by atoms with Gasteiger partial charge in [-0.1, -0.05) is 30.3 Å². The summed E-state index contributed by atoms with van der Waals surface area (Å²) >= 11 is 0. The SMILES string of the molecule is O=CCCn1cccc(OCc2ccccc2)c1=O. The third-order valence-electron chi connectivity index (χ3n) is 2.71. The van der Waals surface area contributed by atoms with Crippen LogP contribution in [0.3, 0.4) is 0 Å². The molecule has 1 heterocycles. The molecule has 2 aromatic rings. The van der Waals surface area contributed by atoms with Gasteiger partial charge in [-0.15, -0.1) is 0 Å². The van der Waals surface area contributed by atoms with Gasteiger partial charge in [-0.25, -0.2) is 0 Å². The number of nitrogens with zero attached hydrogens (tertiary/aromatic N) is 1. The maximum atomic E-state index is 12.0. The summed E-state index contributed by atoms with van der Waals surface area (Å²) in [5.74, 6) is 0.303. The number of pyridine rings is 1. The van der Waals surface area contributed by atoms with Crippen LogP contribution in [0.4, 0.5) is 0 Å². The van der Waals surface area contributed by atoms with Crippen LogP contribution in [0.5, 0.6) is 5.75 Å². The molecule has 98 valence electrons. The molecule has 4 heteroatoms. The van der Waals surface area contributed by atoms with Crippen LogP contribution in [0.2, 0.25) is 0 Å². The van der Waals surface area contributed by atoms with E-state index in [4.69, 9.17) is 4.74 Å². The van der Waals surface area contributed by atoms with E-state index in [1.807, 2.05) is 30.3 Å². The van der Waals surface area contributed by atoms with Gasteiger partial charge in [-0.05, 0) is 17.7 Å². The van der Waals surface area contributed by atoms with Crippen molar-refractivity contribution in [1.29, 1.82) is 0 Å². The summed E-state index contributed by atoms with van der Waals surface area (Å²) in [5, 5.41) is 0. The van der Waals surface area contributed by atoms with Gasteiger partial charge in [0.25, 0.3) is 5.56 Å². The number of aldehydes is 1. The Morgan fingerprint density at radius 1 is 1.11 bits per heavy atom. The summed E-state index contributed by atoms with van der Waals surface area (Å²) in [7, 11) is 0. The summed E-state index contributed by atoms with van der Waals surface area (Å²) in [6.07, 6.45) is 2.77. The number of aromatic nitrogens is 1. The molecule has 0 amide bonds. The first-order valence-corrected chi connectivity index (χ1v) is 6.11. The molecule has 1 aromatic carbocycles. The van der Waals surface area contributed by atoms with Gasteiger partial charge in [0.05, 0.1) is 0 Å². The minimum absolute atomic E-state index is 0.208. The first-order chi connectivity index (χ1) is 9.31. The van der Waals surface area contributed by atoms with Crippen LogP contribution in [-0.2, 0) is 17.9 Å². The molecule has 0 saturated carbocycles. The Morgan fingerprint density at radius 3 is 2.63 bits per heavy atom. The number of carbonyl (C=O) groups is 1. The predicted octanol–water partition coefficient (Wildman–Crippen LogP) is 2.02. The van der Waals surface area contributed by atoms with Crippen LogP contribution in [0.25, 0.3) is 0 Å². The second-order valence-electron chi connectivity index (χ2n) is 4.10. The molecule has 0 bridgehead atoms. The van der Waals surface area contributed by atoms with Crippen LogP contribution in [0.15, 0.2) is 53.5 Å². The van der Waals surface area contributed by atoms with Crippen molar-refractivity contribution in [3.63, 3.8) is 0 Å². The third kappa shape index (κ3) is 3.55. The quantitative estimate of drug-likeness (QED) is 0.744. The van der Waals surface area contributed by atoms with Gasteiger partial charge in [-0.3, -0.25) is 4.79 Å². The van der Waals surface area contributed by atoms with Gasteiger partial charge in [0.1, 0.15) is 12.9 Å². The second kappa shape index (κ2) is 6.54. The van der Waals surface area contributed by atoms with Crippen molar-refractivity contribution < 1.29 is 9.53 Å². The largest absolute Gasteiger partial charge is 0.483 e. The standard InChI is InChI=1S/C15H15NO3/c17-11-5-10-16-9-4-8-14(15(16)18)19-12-13-6-2-1-3-7-13/h1-4,6-9,11H,5,10,12H2. The highest BCUT2D eigenvalue weighted by molar-refractivity contribution is 5.49. The lowest BCUT2D eigenvalue weighted by molar-refractivity contribution is -0.108. The fraction of sp³-hybridized carbons (Fsp3) is 0.200. The highest BCUT2D eigenvalue weighted by Gasteiger charge is 2.04. The average molecular weight is 257 g/mol. The Labute approximate surface area is 111 Å². The highest BCUT2D eigenvalue weighted by Crippen LogP contribution is 2.07. The van der Waals surface area contributed by atoms with E-state index >= 15 is 0 Å². The molecule has 0 saturated heterocycles. The lowest BCUT2D eigenvalue weighted by Crippen LogP contribution is -2.21. The Kier molecular flexibility index (Phi) is 4.50. The van der Waals surface area contributed by atoms with Crippen molar-refractivity contribution >= 4 is 6.29 Å². The summed E-state index contributed by atoms with van der Waals surface area (Å²) in [6.45, 7) is 0.735. The van der Waals surface area contributed by atoms with Crippen LogP contribution in [0, 0.1) is 0 Å². The molecule has 4 nitrogen and oxygen atoms in total. The van der Waals surface area contributed by atoms with E-state index in [1.165, 1.54) is 4.57 Å². The first-order valence-electron chi connectivity index (χ1n) is 6.11. The number of benzene rings is 1. The zero-order valence-electron chi connectivity index (χ0n) is 10.5. The van der Waals surface area contributed by atoms with Crippen molar-refractivity contribution in [2.24, 2.45) is 0 Å². The lowest BCUT2D eigenvalue weighted by Gasteiger charge is -2.08. The maximum Gasteiger partial charge on any atom is 0.292 e. The molecule has 0 N–H and O–H groups in total. The first kappa shape index (κ1) is 13.1. The molecule has 0 unspecified atom stereocenters. The minimum atomic E-state index is -0.208. The Morgan fingerprint density at radius 2 is 1.89 bits per heavy atom. The van der Waals surface area contributed by atoms with Gasteiger partial charge < -0.3 is 14.1 Å². The summed E-state index contributed by atoms with van der Waals surface area (Å²) in [4.78, 5) is 22.4. The zero-order chi connectivity index (χ0) is 13.5. The van der Waals surface area contributed by atoms with Crippen LogP contribution < -0.4 is 10.3 Å². The van der Waals surface area contributed by atoms with Gasteiger partial charge in [0, 0.05) is 19.2 Å². The fourth-order valence-corrected chi connectivity index (χ4v) is 1.73. The number of carbonyl (C=O) groups excluding carboxylic acids is 1. The average Bonchev–Trinajstić information content (AvgIpc) is 2.46. The molecule has 1 aromatic heterocycles. The number of hydrogen-bond donors (Lipinski definition) is 0. The number of aryl methyl sites for hydroxylation is 1. The number of ether oxygens (including phenoxy) is 1.